The third-order valence-electron chi connectivity index (χ3n) is 8.09. The first kappa shape index (κ1) is 29.5. The first-order valence-electron chi connectivity index (χ1n) is 14.8. The Kier molecular flexibility index (Phi) is 7.67. The lowest BCUT2D eigenvalue weighted by Crippen LogP contribution is -2.29. The van der Waals surface area contributed by atoms with E-state index in [1.807, 2.05) is 26.0 Å². The van der Waals surface area contributed by atoms with Gasteiger partial charge in [0.05, 0.1) is 17.8 Å². The molecule has 1 N–H and O–H groups in total. The lowest BCUT2D eigenvalue weighted by atomic mass is 9.98. The number of aryl methyl sites for hydroxylation is 1. The topological polar surface area (TPSA) is 126 Å². The van der Waals surface area contributed by atoms with Crippen LogP contribution in [0, 0.1) is 0 Å². The van der Waals surface area contributed by atoms with Gasteiger partial charge in [0.2, 0.25) is 11.8 Å². The Balaban J connectivity index is 1.48. The smallest absolute Gasteiger partial charge is 0.275 e. The van der Waals surface area contributed by atoms with Crippen molar-refractivity contribution in [3.8, 4) is 17.0 Å². The minimum absolute atomic E-state index is 0.0639. The molecule has 0 saturated carbocycles. The molecule has 43 heavy (non-hydrogen) atoms. The lowest BCUT2D eigenvalue weighted by Gasteiger charge is -2.25. The number of nitrogens with one attached hydrogen (secondary N) is 1. The highest BCUT2D eigenvalue weighted by molar-refractivity contribution is 7.91. The van der Waals surface area contributed by atoms with E-state index in [2.05, 4.69) is 57.3 Å². The van der Waals surface area contributed by atoms with Crippen molar-refractivity contribution in [1.29, 1.82) is 0 Å². The van der Waals surface area contributed by atoms with Crippen molar-refractivity contribution >= 4 is 29.5 Å². The van der Waals surface area contributed by atoms with Crippen LogP contribution < -0.4 is 10.1 Å². The number of fused-ring (bicyclic) bond motifs is 10. The third kappa shape index (κ3) is 6.11. The highest BCUT2D eigenvalue weighted by Gasteiger charge is 2.31. The number of aromatic nitrogens is 6. The zero-order valence-electron chi connectivity index (χ0n) is 25.4. The number of nitrogens with zero attached hydrogens (tertiary/aromatic N) is 6. The lowest BCUT2D eigenvalue weighted by molar-refractivity contribution is 0.0792. The Labute approximate surface area is 253 Å². The molecule has 1 aromatic carbocycles. The fourth-order valence-corrected chi connectivity index (χ4v) is 7.16. The van der Waals surface area contributed by atoms with E-state index in [9.17, 15) is 8.42 Å². The maximum atomic E-state index is 13.8. The summed E-state index contributed by atoms with van der Waals surface area (Å²) >= 11 is 0. The Morgan fingerprint density at radius 2 is 1.95 bits per heavy atom. The van der Waals surface area contributed by atoms with Crippen LogP contribution in [0.25, 0.3) is 11.1 Å². The van der Waals surface area contributed by atoms with Crippen molar-refractivity contribution in [3.05, 3.63) is 53.9 Å². The van der Waals surface area contributed by atoms with Gasteiger partial charge in [0, 0.05) is 45.1 Å². The number of anilines is 2. The Hall–Kier alpha value is -3.55. The molecule has 0 unspecified atom stereocenters. The van der Waals surface area contributed by atoms with Gasteiger partial charge in [0.1, 0.15) is 6.73 Å². The zero-order valence-corrected chi connectivity index (χ0v) is 27.2. The molecule has 4 aromatic rings. The van der Waals surface area contributed by atoms with Gasteiger partial charge < -0.3 is 14.8 Å². The number of rotatable bonds is 5. The fourth-order valence-electron chi connectivity index (χ4n) is 5.37. The summed E-state index contributed by atoms with van der Waals surface area (Å²) in [5.41, 5.74) is 4.70. The molecule has 0 saturated heterocycles. The zero-order chi connectivity index (χ0) is 30.4. The average Bonchev–Trinajstić information content (AvgIpc) is 3.71. The second-order valence-corrected chi connectivity index (χ2v) is 20.5. The molecule has 6 rings (SSSR count). The Bertz CT molecular complexity index is 1760. The number of hydrogen-bond donors (Lipinski definition) is 1. The molecule has 0 atom stereocenters. The molecule has 13 heteroatoms. The van der Waals surface area contributed by atoms with Crippen molar-refractivity contribution in [3.63, 3.8) is 0 Å². The molecule has 6 bridgehead atoms. The van der Waals surface area contributed by atoms with Gasteiger partial charge in [-0.15, -0.1) is 5.10 Å². The van der Waals surface area contributed by atoms with Gasteiger partial charge in [-0.25, -0.2) is 18.1 Å². The minimum Gasteiger partial charge on any atom is -0.478 e. The third-order valence-corrected chi connectivity index (χ3v) is 11.2. The van der Waals surface area contributed by atoms with Crippen LogP contribution in [0.3, 0.4) is 0 Å². The van der Waals surface area contributed by atoms with E-state index in [1.165, 1.54) is 21.9 Å². The van der Waals surface area contributed by atoms with Crippen LogP contribution in [0.1, 0.15) is 37.8 Å². The van der Waals surface area contributed by atoms with Crippen LogP contribution in [-0.4, -0.2) is 59.2 Å². The summed E-state index contributed by atoms with van der Waals surface area (Å²) in [6.07, 6.45) is 6.93. The summed E-state index contributed by atoms with van der Waals surface area (Å²) in [4.78, 5) is 9.01. The van der Waals surface area contributed by atoms with Crippen molar-refractivity contribution in [2.75, 3.05) is 18.5 Å². The van der Waals surface area contributed by atoms with Crippen LogP contribution in [0.15, 0.2) is 52.9 Å². The SMILES string of the molecule is CC1(C)CCOc2cc(ccn2)-c2ccc3c(c2Nc2nc(nn2COCC[Si](C)(C)C)S(=O)(=O)c2ccn1n2)CCC3. The van der Waals surface area contributed by atoms with Crippen LogP contribution >= 0.6 is 0 Å². The summed E-state index contributed by atoms with van der Waals surface area (Å²) in [6, 6.07) is 10.6. The normalized spacial score (nSPS) is 17.3. The van der Waals surface area contributed by atoms with E-state index in [4.69, 9.17) is 9.47 Å². The van der Waals surface area contributed by atoms with Gasteiger partial charge in [0.15, 0.2) is 5.03 Å². The van der Waals surface area contributed by atoms with Gasteiger partial charge in [-0.05, 0) is 68.0 Å². The molecular formula is C30H39N7O4SSi. The van der Waals surface area contributed by atoms with Crippen molar-refractivity contribution in [1.82, 2.24) is 29.5 Å². The number of hydrogen-bond acceptors (Lipinski definition) is 9. The van der Waals surface area contributed by atoms with Crippen molar-refractivity contribution in [2.24, 2.45) is 0 Å². The van der Waals surface area contributed by atoms with Gasteiger partial charge in [0.25, 0.3) is 15.0 Å². The van der Waals surface area contributed by atoms with E-state index >= 15 is 0 Å². The molecule has 2 aliphatic rings. The van der Waals surface area contributed by atoms with Crippen LogP contribution in [0.4, 0.5) is 11.6 Å². The van der Waals surface area contributed by atoms with Crippen molar-refractivity contribution < 1.29 is 17.9 Å². The summed E-state index contributed by atoms with van der Waals surface area (Å²) in [7, 11) is -5.43. The predicted octanol–water partition coefficient (Wildman–Crippen LogP) is 5.43. The Morgan fingerprint density at radius 1 is 1.12 bits per heavy atom. The van der Waals surface area contributed by atoms with Gasteiger partial charge >= 0.3 is 0 Å². The van der Waals surface area contributed by atoms with Crippen LogP contribution in [-0.2, 0) is 39.7 Å². The number of ether oxygens (including phenoxy) is 2. The second-order valence-electron chi connectivity index (χ2n) is 13.1. The van der Waals surface area contributed by atoms with E-state index in [-0.39, 0.29) is 16.9 Å². The number of sulfone groups is 1. The first-order valence-corrected chi connectivity index (χ1v) is 19.9. The van der Waals surface area contributed by atoms with E-state index in [1.54, 1.807) is 17.1 Å². The quantitative estimate of drug-likeness (QED) is 0.229. The van der Waals surface area contributed by atoms with E-state index < -0.39 is 23.5 Å². The standard InChI is InChI=1S/C30H39N7O4SSi/c1-30(2)13-16-41-25-19-22(11-14-31-25)24-10-9-21-7-6-8-23(21)27(24)32-28-33-29(42(38,39)26-12-15-37(30)34-26)35-36(28)20-40-17-18-43(3,4)5/h9-12,14-15,19H,6-8,13,16-18,20H2,1-5H3,(H,32,33,35). The van der Waals surface area contributed by atoms with Crippen LogP contribution in [0.5, 0.6) is 5.88 Å². The van der Waals surface area contributed by atoms with E-state index in [0.29, 0.717) is 31.5 Å². The van der Waals surface area contributed by atoms with Crippen LogP contribution in [0.2, 0.25) is 25.7 Å². The molecule has 4 heterocycles. The maximum Gasteiger partial charge on any atom is 0.275 e. The molecule has 11 nitrogen and oxygen atoms in total. The van der Waals surface area contributed by atoms with E-state index in [0.717, 1.165) is 42.1 Å². The molecule has 3 aromatic heterocycles. The maximum absolute atomic E-state index is 13.8. The number of pyridine rings is 1. The highest BCUT2D eigenvalue weighted by Crippen LogP contribution is 2.40. The molecule has 228 valence electrons. The number of benzene rings is 1. The van der Waals surface area contributed by atoms with Gasteiger partial charge in [-0.2, -0.15) is 10.1 Å². The molecule has 0 fully saturated rings. The summed E-state index contributed by atoms with van der Waals surface area (Å²) in [6.45, 7) is 11.8. The minimum atomic E-state index is -4.11. The molecule has 0 amide bonds. The van der Waals surface area contributed by atoms with Crippen molar-refractivity contribution in [2.45, 2.75) is 87.7 Å². The molecule has 1 aliphatic heterocycles. The fraction of sp³-hybridized carbons (Fsp3) is 0.467. The summed E-state index contributed by atoms with van der Waals surface area (Å²) < 4.78 is 42.9. The average molecular weight is 622 g/mol. The predicted molar refractivity (Wildman–Crippen MR) is 166 cm³/mol. The molecule has 1 aliphatic carbocycles. The molecule has 0 spiro atoms. The summed E-state index contributed by atoms with van der Waals surface area (Å²) in [5.74, 6) is 0.816. The highest BCUT2D eigenvalue weighted by atomic mass is 32.2. The largest absolute Gasteiger partial charge is 0.478 e. The Morgan fingerprint density at radius 3 is 2.77 bits per heavy atom. The monoisotopic (exact) mass is 621 g/mol. The van der Waals surface area contributed by atoms with Gasteiger partial charge in [-0.3, -0.25) is 4.68 Å². The first-order chi connectivity index (χ1) is 20.4. The second kappa shape index (κ2) is 11.2. The molecule has 0 radical (unpaired) electrons. The van der Waals surface area contributed by atoms with Gasteiger partial charge in [-0.1, -0.05) is 31.8 Å². The molecular weight excluding hydrogens is 583 g/mol. The summed E-state index contributed by atoms with van der Waals surface area (Å²) in [5, 5.41) is 12.0.